The maximum Gasteiger partial charge on any atom is 0.574 e. The number of aryl methyl sites for hydroxylation is 1. The second-order valence-electron chi connectivity index (χ2n) is 3.37. The van der Waals surface area contributed by atoms with Gasteiger partial charge >= 0.3 is 12.5 Å². The van der Waals surface area contributed by atoms with Crippen LogP contribution in [0.2, 0.25) is 0 Å². The van der Waals surface area contributed by atoms with Gasteiger partial charge in [0.05, 0.1) is 0 Å². The summed E-state index contributed by atoms with van der Waals surface area (Å²) in [6.45, 7) is 0.656. The van der Waals surface area contributed by atoms with Crippen molar-refractivity contribution in [2.75, 3.05) is 0 Å². The van der Waals surface area contributed by atoms with Gasteiger partial charge in [-0.2, -0.15) is 13.2 Å². The lowest BCUT2D eigenvalue weighted by Gasteiger charge is -2.15. The van der Waals surface area contributed by atoms with Crippen LogP contribution in [0, 0.1) is 6.92 Å². The first-order valence-corrected chi connectivity index (χ1v) is 4.58. The van der Waals surface area contributed by atoms with E-state index in [1.165, 1.54) is 0 Å². The first-order valence-electron chi connectivity index (χ1n) is 4.58. The molecule has 2 N–H and O–H groups in total. The highest BCUT2D eigenvalue weighted by molar-refractivity contribution is 5.35. The smallest absolute Gasteiger partial charge is 0.388 e. The molecule has 3 nitrogen and oxygen atoms in total. The van der Waals surface area contributed by atoms with Crippen LogP contribution < -0.4 is 10.5 Å². The lowest BCUT2D eigenvalue weighted by molar-refractivity contribution is -0.276. The Hall–Kier alpha value is -1.51. The Kier molecular flexibility index (Phi) is 3.75. The first-order chi connectivity index (χ1) is 8.04. The molecular weight excluding hydrogens is 266 g/mol. The van der Waals surface area contributed by atoms with Gasteiger partial charge in [-0.3, -0.25) is 0 Å². The van der Waals surface area contributed by atoms with E-state index in [0.717, 1.165) is 13.0 Å². The third-order valence-corrected chi connectivity index (χ3v) is 1.95. The summed E-state index contributed by atoms with van der Waals surface area (Å²) in [4.78, 5) is 2.85. The summed E-state index contributed by atoms with van der Waals surface area (Å²) >= 11 is 0. The van der Waals surface area contributed by atoms with Gasteiger partial charge in [-0.1, -0.05) is 0 Å². The summed E-state index contributed by atoms with van der Waals surface area (Å²) in [5.74, 6) is -1.18. The van der Waals surface area contributed by atoms with Crippen molar-refractivity contribution in [2.24, 2.45) is 5.73 Å². The number of ether oxygens (including phenoxy) is 1. The molecule has 0 saturated carbocycles. The molecule has 0 spiro atoms. The van der Waals surface area contributed by atoms with E-state index in [4.69, 9.17) is 5.73 Å². The molecule has 0 aromatic carbocycles. The quantitative estimate of drug-likeness (QED) is 0.843. The van der Waals surface area contributed by atoms with Crippen LogP contribution in [0.3, 0.4) is 0 Å². The fourth-order valence-corrected chi connectivity index (χ4v) is 1.28. The highest BCUT2D eigenvalue weighted by atomic mass is 19.4. The molecule has 0 bridgehead atoms. The predicted octanol–water partition coefficient (Wildman–Crippen LogP) is 2.77. The number of nitrogens with two attached hydrogens (primary N) is 1. The fraction of sp³-hybridized carbons (Fsp3) is 0.444. The van der Waals surface area contributed by atoms with Crippen LogP contribution in [0.4, 0.5) is 26.3 Å². The number of nitrogens with zero attached hydrogens (tertiary/aromatic N) is 1. The summed E-state index contributed by atoms with van der Waals surface area (Å²) in [7, 11) is 0. The van der Waals surface area contributed by atoms with E-state index in [-0.39, 0.29) is 11.1 Å². The summed E-state index contributed by atoms with van der Waals surface area (Å²) < 4.78 is 76.8. The highest BCUT2D eigenvalue weighted by Crippen LogP contribution is 2.34. The van der Waals surface area contributed by atoms with Crippen molar-refractivity contribution < 1.29 is 31.1 Å². The van der Waals surface area contributed by atoms with Gasteiger partial charge < -0.3 is 10.5 Å². The minimum atomic E-state index is -5.13. The Bertz CT molecular complexity index is 440. The molecule has 102 valence electrons. The van der Waals surface area contributed by atoms with E-state index >= 15 is 0 Å². The highest BCUT2D eigenvalue weighted by Gasteiger charge is 2.38. The molecule has 0 aliphatic heterocycles. The topological polar surface area (TPSA) is 48.1 Å². The molecule has 1 rings (SSSR count). The van der Waals surface area contributed by atoms with E-state index in [0.29, 0.717) is 0 Å². The second kappa shape index (κ2) is 4.63. The molecule has 0 amide bonds. The SMILES string of the molecule is Cc1cc(CN)c(OC(F)(F)F)nc1C(F)(F)F. The monoisotopic (exact) mass is 274 g/mol. The molecule has 0 unspecified atom stereocenters. The predicted molar refractivity (Wildman–Crippen MR) is 48.6 cm³/mol. The molecule has 1 aromatic heterocycles. The van der Waals surface area contributed by atoms with Crippen LogP contribution >= 0.6 is 0 Å². The molecule has 9 heteroatoms. The lowest BCUT2D eigenvalue weighted by atomic mass is 10.1. The van der Waals surface area contributed by atoms with Crippen molar-refractivity contribution in [1.29, 1.82) is 0 Å². The van der Waals surface area contributed by atoms with Gasteiger partial charge in [-0.25, -0.2) is 4.98 Å². The van der Waals surface area contributed by atoms with E-state index in [9.17, 15) is 26.3 Å². The van der Waals surface area contributed by atoms with E-state index in [1.807, 2.05) is 0 Å². The van der Waals surface area contributed by atoms with Crippen molar-refractivity contribution in [3.63, 3.8) is 0 Å². The Morgan fingerprint density at radius 1 is 1.22 bits per heavy atom. The van der Waals surface area contributed by atoms with Crippen molar-refractivity contribution in [3.8, 4) is 5.88 Å². The molecule has 0 saturated heterocycles. The molecule has 0 atom stereocenters. The number of rotatable bonds is 2. The molecule has 1 heterocycles. The average Bonchev–Trinajstić information content (AvgIpc) is 2.16. The summed E-state index contributed by atoms with van der Waals surface area (Å²) in [6, 6.07) is 0.872. The number of pyridine rings is 1. The zero-order valence-electron chi connectivity index (χ0n) is 8.99. The molecule has 0 aliphatic carbocycles. The van der Waals surface area contributed by atoms with Crippen LogP contribution in [-0.4, -0.2) is 11.3 Å². The molecule has 1 aromatic rings. The Labute approximate surface area is 97.6 Å². The van der Waals surface area contributed by atoms with E-state index in [2.05, 4.69) is 9.72 Å². The second-order valence-corrected chi connectivity index (χ2v) is 3.37. The molecule has 0 radical (unpaired) electrons. The molecule has 18 heavy (non-hydrogen) atoms. The Morgan fingerprint density at radius 3 is 2.17 bits per heavy atom. The van der Waals surface area contributed by atoms with E-state index in [1.54, 1.807) is 0 Å². The fourth-order valence-electron chi connectivity index (χ4n) is 1.28. The lowest BCUT2D eigenvalue weighted by Crippen LogP contribution is -2.22. The van der Waals surface area contributed by atoms with Crippen LogP contribution in [0.5, 0.6) is 5.88 Å². The summed E-state index contributed by atoms with van der Waals surface area (Å²) in [5, 5.41) is 0. The van der Waals surface area contributed by atoms with Crippen LogP contribution in [0.25, 0.3) is 0 Å². The van der Waals surface area contributed by atoms with Gasteiger partial charge in [-0.15, -0.1) is 13.2 Å². The number of hydrogen-bond donors (Lipinski definition) is 1. The molecular formula is C9H8F6N2O. The van der Waals surface area contributed by atoms with Gasteiger partial charge in [0.25, 0.3) is 0 Å². The van der Waals surface area contributed by atoms with Crippen molar-refractivity contribution in [3.05, 3.63) is 22.9 Å². The first kappa shape index (κ1) is 14.6. The number of aromatic nitrogens is 1. The van der Waals surface area contributed by atoms with Crippen molar-refractivity contribution in [2.45, 2.75) is 26.0 Å². The maximum atomic E-state index is 12.5. The Balaban J connectivity index is 3.31. The van der Waals surface area contributed by atoms with Gasteiger partial charge in [-0.05, 0) is 18.6 Å². The number of alkyl halides is 6. The maximum absolute atomic E-state index is 12.5. The largest absolute Gasteiger partial charge is 0.574 e. The van der Waals surface area contributed by atoms with Crippen molar-refractivity contribution in [1.82, 2.24) is 4.98 Å². The van der Waals surface area contributed by atoms with Gasteiger partial charge in [0, 0.05) is 12.1 Å². The van der Waals surface area contributed by atoms with Crippen LogP contribution in [0.1, 0.15) is 16.8 Å². The normalized spacial score (nSPS) is 12.7. The minimum absolute atomic E-state index is 0.252. The van der Waals surface area contributed by atoms with Crippen molar-refractivity contribution >= 4 is 0 Å². The molecule has 0 aliphatic rings. The summed E-state index contributed by atoms with van der Waals surface area (Å²) in [6.07, 6.45) is -9.99. The van der Waals surface area contributed by atoms with Crippen LogP contribution in [0.15, 0.2) is 6.07 Å². The molecule has 0 fully saturated rings. The standard InChI is InChI=1S/C9H8F6N2O/c1-4-2-5(3-16)7(18-9(13,14)15)17-6(4)8(10,11)12/h2H,3,16H2,1H3. The minimum Gasteiger partial charge on any atom is -0.388 e. The summed E-state index contributed by atoms with van der Waals surface area (Å²) in [5.41, 5.74) is 3.12. The number of hydrogen-bond acceptors (Lipinski definition) is 3. The van der Waals surface area contributed by atoms with Gasteiger partial charge in [0.2, 0.25) is 5.88 Å². The third-order valence-electron chi connectivity index (χ3n) is 1.95. The zero-order chi connectivity index (χ0) is 14.1. The Morgan fingerprint density at radius 2 is 1.78 bits per heavy atom. The van der Waals surface area contributed by atoms with E-state index < -0.39 is 30.7 Å². The van der Waals surface area contributed by atoms with Gasteiger partial charge in [0.15, 0.2) is 5.69 Å². The zero-order valence-corrected chi connectivity index (χ0v) is 8.99. The third kappa shape index (κ3) is 3.49. The van der Waals surface area contributed by atoms with Crippen LogP contribution in [-0.2, 0) is 12.7 Å². The average molecular weight is 274 g/mol. The van der Waals surface area contributed by atoms with Gasteiger partial charge in [0.1, 0.15) is 0 Å². The number of halogens is 6.